The van der Waals surface area contributed by atoms with Gasteiger partial charge in [-0.15, -0.1) is 0 Å². The van der Waals surface area contributed by atoms with Gasteiger partial charge >= 0.3 is 0 Å². The molecule has 8 heteroatoms. The van der Waals surface area contributed by atoms with Crippen molar-refractivity contribution in [2.24, 2.45) is 5.92 Å². The maximum absolute atomic E-state index is 12.6. The minimum atomic E-state index is 0.109. The second kappa shape index (κ2) is 10.3. The number of ether oxygens (including phenoxy) is 1. The summed E-state index contributed by atoms with van der Waals surface area (Å²) < 4.78 is 6.02. The van der Waals surface area contributed by atoms with Crippen LogP contribution in [0.2, 0.25) is 0 Å². The highest BCUT2D eigenvalue weighted by atomic mass is 16.5. The Kier molecular flexibility index (Phi) is 6.97. The van der Waals surface area contributed by atoms with Crippen LogP contribution in [0.15, 0.2) is 24.4 Å². The third-order valence-electron chi connectivity index (χ3n) is 7.75. The number of carbonyl (C=O) groups is 1. The molecule has 1 aromatic heterocycles. The second-order valence-corrected chi connectivity index (χ2v) is 10.1. The number of hydrogen-bond donors (Lipinski definition) is 1. The molecule has 0 radical (unpaired) electrons. The molecular formula is C27H38N6O2. The fourth-order valence-corrected chi connectivity index (χ4v) is 5.54. The molecule has 8 nitrogen and oxygen atoms in total. The monoisotopic (exact) mass is 478 g/mol. The zero-order chi connectivity index (χ0) is 24.4. The van der Waals surface area contributed by atoms with Gasteiger partial charge in [0.05, 0.1) is 18.5 Å². The Hall–Kier alpha value is -3.03. The molecule has 2 aromatic rings. The highest BCUT2D eigenvalue weighted by molar-refractivity contribution is 5.97. The molecule has 2 fully saturated rings. The van der Waals surface area contributed by atoms with E-state index in [0.717, 1.165) is 54.8 Å². The lowest BCUT2D eigenvalue weighted by Gasteiger charge is -2.32. The lowest BCUT2D eigenvalue weighted by atomic mass is 9.99. The number of fused-ring (bicyclic) bond motifs is 1. The second-order valence-electron chi connectivity index (χ2n) is 10.1. The number of rotatable bonds is 6. The third-order valence-corrected chi connectivity index (χ3v) is 7.75. The van der Waals surface area contributed by atoms with Crippen molar-refractivity contribution in [3.8, 4) is 5.75 Å². The maximum atomic E-state index is 12.6. The van der Waals surface area contributed by atoms with Gasteiger partial charge in [-0.25, -0.2) is 4.98 Å². The number of hydrogen-bond acceptors (Lipinski definition) is 7. The van der Waals surface area contributed by atoms with Crippen molar-refractivity contribution in [3.63, 3.8) is 0 Å². The highest BCUT2D eigenvalue weighted by Gasteiger charge is 2.31. The number of carbonyl (C=O) groups excluding carboxylic acids is 1. The van der Waals surface area contributed by atoms with E-state index in [1.165, 1.54) is 31.4 Å². The minimum Gasteiger partial charge on any atom is -0.492 e. The van der Waals surface area contributed by atoms with Gasteiger partial charge in [0.1, 0.15) is 11.4 Å². The number of aromatic nitrogens is 2. The first kappa shape index (κ1) is 23.7. The van der Waals surface area contributed by atoms with E-state index in [2.05, 4.69) is 45.2 Å². The number of anilines is 5. The fourth-order valence-electron chi connectivity index (χ4n) is 5.54. The van der Waals surface area contributed by atoms with Crippen molar-refractivity contribution >= 4 is 34.7 Å². The van der Waals surface area contributed by atoms with Crippen molar-refractivity contribution in [2.75, 3.05) is 53.3 Å². The molecule has 1 amide bonds. The van der Waals surface area contributed by atoms with Crippen molar-refractivity contribution in [2.45, 2.75) is 64.8 Å². The van der Waals surface area contributed by atoms with Gasteiger partial charge in [0.15, 0.2) is 5.82 Å². The molecule has 2 aliphatic heterocycles. The molecular weight excluding hydrogens is 440 g/mol. The van der Waals surface area contributed by atoms with Crippen LogP contribution in [0.4, 0.5) is 28.8 Å². The van der Waals surface area contributed by atoms with E-state index in [1.807, 2.05) is 14.0 Å². The van der Waals surface area contributed by atoms with Crippen LogP contribution in [0.25, 0.3) is 0 Å². The van der Waals surface area contributed by atoms with E-state index in [9.17, 15) is 4.79 Å². The zero-order valence-electron chi connectivity index (χ0n) is 21.3. The highest BCUT2D eigenvalue weighted by Crippen LogP contribution is 2.38. The molecule has 3 aliphatic rings. The molecule has 1 aliphatic carbocycles. The van der Waals surface area contributed by atoms with Gasteiger partial charge in [0, 0.05) is 50.9 Å². The standard InChI is InChI=1S/C27H38N6O2/c1-4-35-24-17-21(32-14-11-19(2)12-15-32)9-10-22(24)29-27-28-18-23-26(30-27)33(20-7-5-6-8-20)16-13-25(34)31(23)3/h9-10,17-20H,4-8,11-16H2,1-3H3,(H,28,29,30). The lowest BCUT2D eigenvalue weighted by Crippen LogP contribution is -2.34. The molecule has 0 unspecified atom stereocenters. The predicted octanol–water partition coefficient (Wildman–Crippen LogP) is 4.97. The molecule has 35 heavy (non-hydrogen) atoms. The number of nitrogens with zero attached hydrogens (tertiary/aromatic N) is 5. The van der Waals surface area contributed by atoms with Gasteiger partial charge in [-0.1, -0.05) is 19.8 Å². The van der Waals surface area contributed by atoms with E-state index in [-0.39, 0.29) is 5.91 Å². The average Bonchev–Trinajstić information content (AvgIpc) is 3.36. The smallest absolute Gasteiger partial charge is 0.229 e. The molecule has 1 N–H and O–H groups in total. The largest absolute Gasteiger partial charge is 0.492 e. The van der Waals surface area contributed by atoms with Crippen LogP contribution < -0.4 is 24.8 Å². The Morgan fingerprint density at radius 3 is 2.63 bits per heavy atom. The molecule has 0 atom stereocenters. The predicted molar refractivity (Wildman–Crippen MR) is 141 cm³/mol. The van der Waals surface area contributed by atoms with E-state index in [1.54, 1.807) is 11.1 Å². The molecule has 5 rings (SSSR count). The van der Waals surface area contributed by atoms with Crippen molar-refractivity contribution in [1.82, 2.24) is 9.97 Å². The van der Waals surface area contributed by atoms with Crippen molar-refractivity contribution in [1.29, 1.82) is 0 Å². The Morgan fingerprint density at radius 2 is 1.89 bits per heavy atom. The van der Waals surface area contributed by atoms with Crippen LogP contribution in [-0.4, -0.2) is 55.2 Å². The lowest BCUT2D eigenvalue weighted by molar-refractivity contribution is -0.118. The van der Waals surface area contributed by atoms with Gasteiger partial charge in [-0.2, -0.15) is 4.98 Å². The molecule has 0 bridgehead atoms. The molecule has 188 valence electrons. The van der Waals surface area contributed by atoms with Crippen LogP contribution in [0.5, 0.6) is 5.75 Å². The summed E-state index contributed by atoms with van der Waals surface area (Å²) in [4.78, 5) is 28.6. The molecule has 1 saturated heterocycles. The summed E-state index contributed by atoms with van der Waals surface area (Å²) in [7, 11) is 1.82. The van der Waals surface area contributed by atoms with Gasteiger partial charge in [0.2, 0.25) is 11.9 Å². The summed E-state index contributed by atoms with van der Waals surface area (Å²) in [6, 6.07) is 6.78. The quantitative estimate of drug-likeness (QED) is 0.628. The average molecular weight is 479 g/mol. The van der Waals surface area contributed by atoms with E-state index < -0.39 is 0 Å². The first-order chi connectivity index (χ1) is 17.0. The minimum absolute atomic E-state index is 0.109. The topological polar surface area (TPSA) is 73.8 Å². The Morgan fingerprint density at radius 1 is 1.11 bits per heavy atom. The van der Waals surface area contributed by atoms with E-state index in [0.29, 0.717) is 31.6 Å². The Balaban J connectivity index is 1.43. The van der Waals surface area contributed by atoms with E-state index >= 15 is 0 Å². The van der Waals surface area contributed by atoms with Gasteiger partial charge in [-0.05, 0) is 50.7 Å². The van der Waals surface area contributed by atoms with Gasteiger partial charge in [0.25, 0.3) is 0 Å². The molecule has 0 spiro atoms. The van der Waals surface area contributed by atoms with Crippen LogP contribution in [0.3, 0.4) is 0 Å². The molecule has 1 saturated carbocycles. The van der Waals surface area contributed by atoms with E-state index in [4.69, 9.17) is 9.72 Å². The first-order valence-corrected chi connectivity index (χ1v) is 13.2. The first-order valence-electron chi connectivity index (χ1n) is 13.2. The normalized spacial score (nSPS) is 19.6. The number of nitrogens with one attached hydrogen (secondary N) is 1. The van der Waals surface area contributed by atoms with Crippen molar-refractivity contribution in [3.05, 3.63) is 24.4 Å². The number of benzene rings is 1. The third kappa shape index (κ3) is 5.02. The fraction of sp³-hybridized carbons (Fsp3) is 0.593. The van der Waals surface area contributed by atoms with Crippen LogP contribution in [0, 0.1) is 5.92 Å². The van der Waals surface area contributed by atoms with Crippen molar-refractivity contribution < 1.29 is 9.53 Å². The van der Waals surface area contributed by atoms with Crippen LogP contribution >= 0.6 is 0 Å². The maximum Gasteiger partial charge on any atom is 0.229 e. The summed E-state index contributed by atoms with van der Waals surface area (Å²) in [6.07, 6.45) is 9.48. The van der Waals surface area contributed by atoms with Gasteiger partial charge in [-0.3, -0.25) is 4.79 Å². The number of amides is 1. The summed E-state index contributed by atoms with van der Waals surface area (Å²) in [5.74, 6) is 3.08. The zero-order valence-corrected chi connectivity index (χ0v) is 21.3. The summed E-state index contributed by atoms with van der Waals surface area (Å²) >= 11 is 0. The summed E-state index contributed by atoms with van der Waals surface area (Å²) in [5.41, 5.74) is 2.83. The molecule has 1 aromatic carbocycles. The SMILES string of the molecule is CCOc1cc(N2CCC(C)CC2)ccc1Nc1ncc2c(n1)N(C1CCCC1)CCC(=O)N2C. The van der Waals surface area contributed by atoms with Crippen LogP contribution in [-0.2, 0) is 4.79 Å². The Labute approximate surface area is 208 Å². The Bertz CT molecular complexity index is 1050. The summed E-state index contributed by atoms with van der Waals surface area (Å²) in [6.45, 7) is 7.78. The van der Waals surface area contributed by atoms with Gasteiger partial charge < -0.3 is 24.8 Å². The summed E-state index contributed by atoms with van der Waals surface area (Å²) in [5, 5.41) is 3.41. The number of piperidine rings is 1. The molecule has 3 heterocycles. The van der Waals surface area contributed by atoms with Crippen LogP contribution in [0.1, 0.15) is 58.8 Å².